The van der Waals surface area contributed by atoms with E-state index in [1.165, 1.54) is 0 Å². The van der Waals surface area contributed by atoms with Crippen LogP contribution in [0.2, 0.25) is 0 Å². The summed E-state index contributed by atoms with van der Waals surface area (Å²) in [6, 6.07) is 0.789. The third kappa shape index (κ3) is 4.54. The van der Waals surface area contributed by atoms with Crippen LogP contribution in [0.1, 0.15) is 33.6 Å². The third-order valence-corrected chi connectivity index (χ3v) is 3.30. The van der Waals surface area contributed by atoms with E-state index in [4.69, 9.17) is 4.74 Å². The number of aromatic nitrogens is 1. The molecule has 5 nitrogen and oxygen atoms in total. The summed E-state index contributed by atoms with van der Waals surface area (Å²) in [7, 11) is 0. The second-order valence-electron chi connectivity index (χ2n) is 6.37. The van der Waals surface area contributed by atoms with E-state index in [0.29, 0.717) is 25.9 Å². The van der Waals surface area contributed by atoms with Crippen molar-refractivity contribution in [3.05, 3.63) is 23.9 Å². The summed E-state index contributed by atoms with van der Waals surface area (Å²) in [6.07, 6.45) is 1.94. The van der Waals surface area contributed by atoms with Crippen molar-refractivity contribution in [1.82, 2.24) is 9.88 Å². The molecule has 1 amide bonds. The van der Waals surface area contributed by atoms with E-state index < -0.39 is 17.2 Å². The number of likely N-dealkylation sites (tertiary alicyclic amines) is 1. The van der Waals surface area contributed by atoms with Gasteiger partial charge in [-0.1, -0.05) is 0 Å². The molecule has 122 valence electrons. The Balaban J connectivity index is 1.86. The maximum atomic E-state index is 13.5. The molecule has 0 atom stereocenters. The van der Waals surface area contributed by atoms with Gasteiger partial charge < -0.3 is 15.0 Å². The molecule has 0 spiro atoms. The van der Waals surface area contributed by atoms with Crippen molar-refractivity contribution in [2.75, 3.05) is 18.4 Å². The van der Waals surface area contributed by atoms with E-state index in [2.05, 4.69) is 10.3 Å². The van der Waals surface area contributed by atoms with Gasteiger partial charge in [-0.05, 0) is 33.6 Å². The number of nitrogens with zero attached hydrogens (tertiary/aromatic N) is 2. The van der Waals surface area contributed by atoms with Crippen LogP contribution < -0.4 is 5.32 Å². The molecule has 0 aromatic carbocycles. The number of rotatable bonds is 2. The maximum Gasteiger partial charge on any atom is 0.410 e. The molecule has 1 aromatic rings. The quantitative estimate of drug-likeness (QED) is 0.911. The first-order chi connectivity index (χ1) is 10.2. The van der Waals surface area contributed by atoms with Crippen molar-refractivity contribution in [2.45, 2.75) is 45.3 Å². The van der Waals surface area contributed by atoms with Crippen LogP contribution in [-0.4, -0.2) is 40.7 Å². The number of carbonyl (C=O) groups is 1. The Morgan fingerprint density at radius 1 is 1.36 bits per heavy atom. The van der Waals surface area contributed by atoms with Gasteiger partial charge in [-0.2, -0.15) is 0 Å². The average Bonchev–Trinajstić information content (AvgIpc) is 2.41. The lowest BCUT2D eigenvalue weighted by Gasteiger charge is -2.33. The van der Waals surface area contributed by atoms with Crippen molar-refractivity contribution in [1.29, 1.82) is 0 Å². The second-order valence-corrected chi connectivity index (χ2v) is 6.37. The average molecular weight is 313 g/mol. The van der Waals surface area contributed by atoms with Crippen LogP contribution >= 0.6 is 0 Å². The van der Waals surface area contributed by atoms with Gasteiger partial charge in [-0.15, -0.1) is 0 Å². The first-order valence-electron chi connectivity index (χ1n) is 7.30. The number of pyridine rings is 1. The lowest BCUT2D eigenvalue weighted by Crippen LogP contribution is -2.44. The molecule has 1 aromatic heterocycles. The summed E-state index contributed by atoms with van der Waals surface area (Å²) in [5.74, 6) is -1.38. The van der Waals surface area contributed by atoms with Gasteiger partial charge in [0.05, 0.1) is 6.20 Å². The van der Waals surface area contributed by atoms with Crippen LogP contribution in [0.15, 0.2) is 12.3 Å². The van der Waals surface area contributed by atoms with Crippen molar-refractivity contribution in [3.63, 3.8) is 0 Å². The highest BCUT2D eigenvalue weighted by Crippen LogP contribution is 2.19. The highest BCUT2D eigenvalue weighted by molar-refractivity contribution is 5.68. The molecule has 22 heavy (non-hydrogen) atoms. The fourth-order valence-electron chi connectivity index (χ4n) is 2.25. The van der Waals surface area contributed by atoms with Gasteiger partial charge in [0.1, 0.15) is 11.4 Å². The largest absolute Gasteiger partial charge is 0.444 e. The number of hydrogen-bond donors (Lipinski definition) is 1. The van der Waals surface area contributed by atoms with Gasteiger partial charge in [0.15, 0.2) is 11.6 Å². The number of piperidine rings is 1. The first-order valence-corrected chi connectivity index (χ1v) is 7.30. The fraction of sp³-hybridized carbons (Fsp3) is 0.600. The van der Waals surface area contributed by atoms with Gasteiger partial charge in [0, 0.05) is 25.2 Å². The van der Waals surface area contributed by atoms with Gasteiger partial charge in [-0.3, -0.25) is 0 Å². The maximum absolute atomic E-state index is 13.5. The minimum absolute atomic E-state index is 0.00820. The summed E-state index contributed by atoms with van der Waals surface area (Å²) >= 11 is 0. The number of carbonyl (C=O) groups excluding carboxylic acids is 1. The molecule has 2 rings (SSSR count). The Morgan fingerprint density at radius 2 is 2.00 bits per heavy atom. The van der Waals surface area contributed by atoms with Gasteiger partial charge >= 0.3 is 6.09 Å². The minimum atomic E-state index is -0.713. The molecule has 1 N–H and O–H groups in total. The normalized spacial score (nSPS) is 16.5. The number of anilines is 1. The first kappa shape index (κ1) is 16.5. The van der Waals surface area contributed by atoms with Crippen LogP contribution in [0.4, 0.5) is 19.4 Å². The molecule has 0 bridgehead atoms. The zero-order valence-corrected chi connectivity index (χ0v) is 13.0. The summed E-state index contributed by atoms with van der Waals surface area (Å²) in [5, 5.41) is 2.95. The van der Waals surface area contributed by atoms with Crippen LogP contribution in [0.3, 0.4) is 0 Å². The van der Waals surface area contributed by atoms with E-state index in [1.54, 1.807) is 4.90 Å². The Bertz CT molecular complexity index is 538. The van der Waals surface area contributed by atoms with Crippen LogP contribution in [0, 0.1) is 11.6 Å². The number of nitrogens with one attached hydrogen (secondary N) is 1. The van der Waals surface area contributed by atoms with E-state index in [1.807, 2.05) is 20.8 Å². The van der Waals surface area contributed by atoms with Crippen molar-refractivity contribution >= 4 is 11.9 Å². The molecule has 1 aliphatic rings. The van der Waals surface area contributed by atoms with Crippen molar-refractivity contribution in [3.8, 4) is 0 Å². The van der Waals surface area contributed by atoms with Crippen molar-refractivity contribution < 1.29 is 18.3 Å². The fourth-order valence-corrected chi connectivity index (χ4v) is 2.25. The highest BCUT2D eigenvalue weighted by atomic mass is 19.1. The molecule has 1 aliphatic heterocycles. The minimum Gasteiger partial charge on any atom is -0.444 e. The number of hydrogen-bond acceptors (Lipinski definition) is 4. The molecule has 7 heteroatoms. The standard InChI is InChI=1S/C15H21F2N3O2/c1-15(2,3)22-14(21)20-6-4-11(5-7-20)19-13-12(17)8-10(16)9-18-13/h8-9,11H,4-7H2,1-3H3,(H,18,19). The Kier molecular flexibility index (Phi) is 4.83. The van der Waals surface area contributed by atoms with E-state index in [9.17, 15) is 13.6 Å². The van der Waals surface area contributed by atoms with Gasteiger partial charge in [-0.25, -0.2) is 18.6 Å². The third-order valence-electron chi connectivity index (χ3n) is 3.30. The number of halogens is 2. The molecule has 0 radical (unpaired) electrons. The van der Waals surface area contributed by atoms with Gasteiger partial charge in [0.2, 0.25) is 0 Å². The molecular weight excluding hydrogens is 292 g/mol. The summed E-state index contributed by atoms with van der Waals surface area (Å²) in [4.78, 5) is 17.3. The Morgan fingerprint density at radius 3 is 2.55 bits per heavy atom. The van der Waals surface area contributed by atoms with E-state index in [0.717, 1.165) is 12.3 Å². The SMILES string of the molecule is CC(C)(C)OC(=O)N1CCC(Nc2ncc(F)cc2F)CC1. The summed E-state index contributed by atoms with van der Waals surface area (Å²) < 4.78 is 31.7. The second kappa shape index (κ2) is 6.46. The predicted octanol–water partition coefficient (Wildman–Crippen LogP) is 3.17. The smallest absolute Gasteiger partial charge is 0.410 e. The van der Waals surface area contributed by atoms with Crippen molar-refractivity contribution in [2.24, 2.45) is 0 Å². The molecule has 2 heterocycles. The van der Waals surface area contributed by atoms with Crippen LogP contribution in [0.5, 0.6) is 0 Å². The number of amides is 1. The highest BCUT2D eigenvalue weighted by Gasteiger charge is 2.27. The molecule has 0 saturated carbocycles. The van der Waals surface area contributed by atoms with E-state index >= 15 is 0 Å². The topological polar surface area (TPSA) is 54.5 Å². The predicted molar refractivity (Wildman–Crippen MR) is 78.6 cm³/mol. The lowest BCUT2D eigenvalue weighted by molar-refractivity contribution is 0.0210. The summed E-state index contributed by atoms with van der Waals surface area (Å²) in [6.45, 7) is 6.51. The van der Waals surface area contributed by atoms with Gasteiger partial charge in [0.25, 0.3) is 0 Å². The Hall–Kier alpha value is -1.92. The zero-order chi connectivity index (χ0) is 16.3. The van der Waals surface area contributed by atoms with E-state index in [-0.39, 0.29) is 18.0 Å². The molecule has 0 unspecified atom stereocenters. The number of ether oxygens (including phenoxy) is 1. The molecular formula is C15H21F2N3O2. The van der Waals surface area contributed by atoms with Crippen LogP contribution in [-0.2, 0) is 4.74 Å². The Labute approximate surface area is 128 Å². The zero-order valence-electron chi connectivity index (χ0n) is 13.0. The summed E-state index contributed by atoms with van der Waals surface area (Å²) in [5.41, 5.74) is -0.520. The monoisotopic (exact) mass is 313 g/mol. The molecule has 1 saturated heterocycles. The van der Waals surface area contributed by atoms with Crippen LogP contribution in [0.25, 0.3) is 0 Å². The molecule has 0 aliphatic carbocycles. The lowest BCUT2D eigenvalue weighted by atomic mass is 10.1. The molecule has 1 fully saturated rings.